The van der Waals surface area contributed by atoms with Crippen molar-refractivity contribution < 1.29 is 4.42 Å². The Morgan fingerprint density at radius 1 is 0.162 bits per heavy atom. The van der Waals surface area contributed by atoms with Crippen LogP contribution in [0.5, 0.6) is 0 Å². The molecule has 1 aromatic heterocycles. The van der Waals surface area contributed by atoms with Crippen LogP contribution in [-0.2, 0) is 10.8 Å². The topological polar surface area (TPSA) is 13.1 Å². The van der Waals surface area contributed by atoms with Crippen molar-refractivity contribution in [3.63, 3.8) is 0 Å². The molecule has 0 amide bonds. The minimum absolute atomic E-state index is 0.0664. The predicted molar refractivity (Wildman–Crippen MR) is 473 cm³/mol. The Bertz CT molecular complexity index is 7370. The van der Waals surface area contributed by atoms with Crippen molar-refractivity contribution in [2.45, 2.75) is 38.5 Å². The zero-order valence-corrected chi connectivity index (χ0v) is 62.2. The molecule has 0 N–H and O–H groups in total. The summed E-state index contributed by atoms with van der Waals surface area (Å²) in [5.41, 5.74) is 30.2. The maximum Gasteiger partial charge on any atom is 0.135 e. The summed E-state index contributed by atoms with van der Waals surface area (Å²) in [7, 11) is 0. The number of furan rings is 1. The molecule has 1 heterocycles. The van der Waals surface area contributed by atoms with Crippen molar-refractivity contribution in [2.75, 3.05) is 0 Å². The van der Waals surface area contributed by atoms with Crippen molar-refractivity contribution in [1.82, 2.24) is 0 Å². The van der Waals surface area contributed by atoms with Gasteiger partial charge in [0, 0.05) is 21.6 Å². The highest BCUT2D eigenvalue weighted by Crippen LogP contribution is 2.57. The Morgan fingerprint density at radius 3 is 1.00 bits per heavy atom. The van der Waals surface area contributed by atoms with E-state index in [4.69, 9.17) is 4.42 Å². The van der Waals surface area contributed by atoms with E-state index in [1.165, 1.54) is 209 Å². The molecule has 1 heteroatoms. The van der Waals surface area contributed by atoms with E-state index in [0.29, 0.717) is 0 Å². The number of hydrogen-bond donors (Lipinski definition) is 0. The lowest BCUT2D eigenvalue weighted by atomic mass is 9.81. The standard InChI is InChI=1S/C57H38O.C53H36/c1-57(2)50-24-13-23-41(56(50)49-32-37-14-3-4-15-38(37)34-51(49)57)35-26-28-36(29-27-35)54-44-19-7-9-21-46(44)55(47-22-10-8-20-45(47)54)43-18-6-5-16-40(43)39-30-31-53-48(33-39)42-17-11-12-25-52(42)58-53;1-53(2)48-21-11-20-42(52(48)47-31-36-13-3-4-14-37(36)32-49(47)53)34-22-25-35(26-23-34)50-43-16-7-9-18-45(43)51(46-19-10-8-17-44(46)50)39-28-29-41-38(30-39)27-24-33-12-5-6-15-40(33)41/h3-34H,1-2H3;3-32H,1-2H3. The summed E-state index contributed by atoms with van der Waals surface area (Å²) < 4.78 is 6.22. The van der Waals surface area contributed by atoms with Crippen LogP contribution in [0.3, 0.4) is 0 Å². The first-order valence-electron chi connectivity index (χ1n) is 38.9. The molecule has 0 atom stereocenters. The maximum atomic E-state index is 6.22. The first-order valence-corrected chi connectivity index (χ1v) is 38.9. The quantitative estimate of drug-likeness (QED) is 0.114. The van der Waals surface area contributed by atoms with Crippen LogP contribution in [0, 0.1) is 0 Å². The van der Waals surface area contributed by atoms with E-state index >= 15 is 0 Å². The van der Waals surface area contributed by atoms with Crippen LogP contribution < -0.4 is 0 Å². The van der Waals surface area contributed by atoms with Gasteiger partial charge in [-0.05, 0) is 257 Å². The molecule has 0 saturated heterocycles. The van der Waals surface area contributed by atoms with E-state index in [1.807, 2.05) is 12.1 Å². The van der Waals surface area contributed by atoms with Crippen LogP contribution in [0.1, 0.15) is 49.9 Å². The Kier molecular flexibility index (Phi) is 14.5. The van der Waals surface area contributed by atoms with Gasteiger partial charge in [0.2, 0.25) is 0 Å². The number of para-hydroxylation sites is 1. The van der Waals surface area contributed by atoms with E-state index in [1.54, 1.807) is 0 Å². The average Bonchev–Trinajstić information content (AvgIpc) is 1.66. The van der Waals surface area contributed by atoms with Crippen LogP contribution in [0.25, 0.3) is 208 Å². The fourth-order valence-electron chi connectivity index (χ4n) is 19.6. The monoisotopic (exact) mass is 1410 g/mol. The van der Waals surface area contributed by atoms with Crippen LogP contribution >= 0.6 is 0 Å². The van der Waals surface area contributed by atoms with Crippen LogP contribution in [-0.4, -0.2) is 0 Å². The zero-order valence-electron chi connectivity index (χ0n) is 62.2. The van der Waals surface area contributed by atoms with E-state index in [2.05, 4.69) is 392 Å². The van der Waals surface area contributed by atoms with Crippen molar-refractivity contribution in [3.05, 3.63) is 398 Å². The Hall–Kier alpha value is -13.7. The van der Waals surface area contributed by atoms with Gasteiger partial charge in [0.05, 0.1) is 0 Å². The lowest BCUT2D eigenvalue weighted by Crippen LogP contribution is -2.14. The molecule has 520 valence electrons. The molecule has 0 radical (unpaired) electrons. The van der Waals surface area contributed by atoms with Gasteiger partial charge in [0.1, 0.15) is 11.2 Å². The molecule has 111 heavy (non-hydrogen) atoms. The summed E-state index contributed by atoms with van der Waals surface area (Å²) in [6.07, 6.45) is 0. The maximum absolute atomic E-state index is 6.22. The molecule has 0 saturated carbocycles. The minimum Gasteiger partial charge on any atom is -0.456 e. The van der Waals surface area contributed by atoms with Gasteiger partial charge in [0.15, 0.2) is 0 Å². The lowest BCUT2D eigenvalue weighted by Gasteiger charge is -2.22. The van der Waals surface area contributed by atoms with Crippen LogP contribution in [0.2, 0.25) is 0 Å². The van der Waals surface area contributed by atoms with E-state index < -0.39 is 0 Å². The van der Waals surface area contributed by atoms with Crippen molar-refractivity contribution in [2.24, 2.45) is 0 Å². The minimum atomic E-state index is -0.0801. The van der Waals surface area contributed by atoms with Gasteiger partial charge in [-0.3, -0.25) is 0 Å². The Labute approximate surface area is 645 Å². The van der Waals surface area contributed by atoms with Crippen LogP contribution in [0.4, 0.5) is 0 Å². The van der Waals surface area contributed by atoms with E-state index in [-0.39, 0.29) is 10.8 Å². The molecule has 1 nitrogen and oxygen atoms in total. The summed E-state index contributed by atoms with van der Waals surface area (Å²) in [6.45, 7) is 9.49. The molecule has 0 unspecified atom stereocenters. The molecule has 0 fully saturated rings. The van der Waals surface area contributed by atoms with Gasteiger partial charge in [-0.25, -0.2) is 0 Å². The second-order valence-corrected chi connectivity index (χ2v) is 31.6. The molecule has 0 aliphatic heterocycles. The van der Waals surface area contributed by atoms with Gasteiger partial charge in [-0.2, -0.15) is 0 Å². The molecule has 23 rings (SSSR count). The molecule has 0 spiro atoms. The average molecular weight is 1410 g/mol. The summed E-state index contributed by atoms with van der Waals surface area (Å²) >= 11 is 0. The Morgan fingerprint density at radius 2 is 0.505 bits per heavy atom. The van der Waals surface area contributed by atoms with Gasteiger partial charge >= 0.3 is 0 Å². The third-order valence-electron chi connectivity index (χ3n) is 24.9. The van der Waals surface area contributed by atoms with Crippen molar-refractivity contribution in [3.8, 4) is 100 Å². The smallest absolute Gasteiger partial charge is 0.135 e. The van der Waals surface area contributed by atoms with Gasteiger partial charge in [-0.15, -0.1) is 0 Å². The number of fused-ring (bicyclic) bond motifs is 18. The first kappa shape index (κ1) is 64.5. The normalized spacial score (nSPS) is 13.2. The third-order valence-corrected chi connectivity index (χ3v) is 24.9. The highest BCUT2D eigenvalue weighted by Gasteiger charge is 2.39. The van der Waals surface area contributed by atoms with Crippen molar-refractivity contribution >= 4 is 108 Å². The van der Waals surface area contributed by atoms with Crippen LogP contribution in [0.15, 0.2) is 381 Å². The van der Waals surface area contributed by atoms with Gasteiger partial charge in [-0.1, -0.05) is 355 Å². The lowest BCUT2D eigenvalue weighted by molar-refractivity contribution is 0.661. The molecule has 2 aliphatic carbocycles. The van der Waals surface area contributed by atoms with Crippen molar-refractivity contribution in [1.29, 1.82) is 0 Å². The second-order valence-electron chi connectivity index (χ2n) is 31.6. The Balaban J connectivity index is 0.000000137. The molecule has 20 aromatic carbocycles. The van der Waals surface area contributed by atoms with E-state index in [9.17, 15) is 0 Å². The number of rotatable bonds is 7. The third kappa shape index (κ3) is 10.0. The largest absolute Gasteiger partial charge is 0.456 e. The van der Waals surface area contributed by atoms with Gasteiger partial charge < -0.3 is 4.42 Å². The number of benzene rings is 20. The first-order chi connectivity index (χ1) is 54.6. The predicted octanol–water partition coefficient (Wildman–Crippen LogP) is 30.8. The van der Waals surface area contributed by atoms with E-state index in [0.717, 1.165) is 21.9 Å². The fraction of sp³-hybridized carbons (Fsp3) is 0.0545. The fourth-order valence-corrected chi connectivity index (χ4v) is 19.6. The molecule has 21 aromatic rings. The summed E-state index contributed by atoms with van der Waals surface area (Å²) in [6, 6.07) is 139. The summed E-state index contributed by atoms with van der Waals surface area (Å²) in [4.78, 5) is 0. The summed E-state index contributed by atoms with van der Waals surface area (Å²) in [5.74, 6) is 0. The van der Waals surface area contributed by atoms with Gasteiger partial charge in [0.25, 0.3) is 0 Å². The highest BCUT2D eigenvalue weighted by molar-refractivity contribution is 6.24. The molecule has 0 bridgehead atoms. The highest BCUT2D eigenvalue weighted by atomic mass is 16.3. The molecular formula is C110H74O. The molecule has 2 aliphatic rings. The second kappa shape index (κ2) is 24.9. The SMILES string of the molecule is CC1(C)c2cc3ccccc3cc2-c2c(-c3ccc(-c4c5ccccc5c(-c5ccc6c(ccc7ccccc76)c5)c5ccccc45)cc3)cccc21.CC1(C)c2cc3ccccc3cc2-c2c(-c3ccc(-c4c5ccccc5c(-c5ccccc5-c5ccc6oc7ccccc7c6c5)c5ccccc45)cc3)cccc21. The zero-order chi connectivity index (χ0) is 73.8. The number of hydrogen-bond acceptors (Lipinski definition) is 1. The molecular weight excluding hydrogens is 1340 g/mol. The summed E-state index contributed by atoms with van der Waals surface area (Å²) in [5, 5.41) is 22.7.